The maximum atomic E-state index is 10.8. The maximum Gasteiger partial charge on any atom is 0.233 e. The first-order chi connectivity index (χ1) is 8.31. The highest BCUT2D eigenvalue weighted by molar-refractivity contribution is 5.74. The summed E-state index contributed by atoms with van der Waals surface area (Å²) in [6, 6.07) is 0. The van der Waals surface area contributed by atoms with E-state index >= 15 is 0 Å². The highest BCUT2D eigenvalue weighted by Gasteiger charge is 1.96. The molecular weight excluding hydrogens is 216 g/mol. The molecule has 0 aromatic heterocycles. The molecule has 3 N–H and O–H groups in total. The Balaban J connectivity index is 3.17. The first-order valence-corrected chi connectivity index (χ1v) is 6.15. The van der Waals surface area contributed by atoms with Crippen molar-refractivity contribution in [1.82, 2.24) is 5.43 Å². The van der Waals surface area contributed by atoms with Crippen molar-refractivity contribution in [3.8, 4) is 0 Å². The fourth-order valence-electron chi connectivity index (χ4n) is 1.45. The van der Waals surface area contributed by atoms with Crippen molar-refractivity contribution in [2.45, 2.75) is 51.4 Å². The molecule has 96 valence electrons. The van der Waals surface area contributed by atoms with Gasteiger partial charge in [-0.3, -0.25) is 10.2 Å². The largest absolute Gasteiger partial charge is 0.294 e. The van der Waals surface area contributed by atoms with Crippen LogP contribution in [-0.4, -0.2) is 11.8 Å². The van der Waals surface area contributed by atoms with Crippen LogP contribution in [-0.2, 0) is 9.59 Å². The molecule has 0 fully saturated rings. The lowest BCUT2D eigenvalue weighted by Gasteiger charge is -1.99. The van der Waals surface area contributed by atoms with Crippen LogP contribution in [0.1, 0.15) is 51.4 Å². The molecular formula is C13H22N2O2. The van der Waals surface area contributed by atoms with Gasteiger partial charge in [0.2, 0.25) is 5.91 Å². The lowest BCUT2D eigenvalue weighted by molar-refractivity contribution is -0.121. The molecule has 0 unspecified atom stereocenters. The minimum absolute atomic E-state index is 0.0897. The summed E-state index contributed by atoms with van der Waals surface area (Å²) in [6.07, 6.45) is 13.2. The summed E-state index contributed by atoms with van der Waals surface area (Å²) < 4.78 is 0. The summed E-state index contributed by atoms with van der Waals surface area (Å²) in [5, 5.41) is 0. The molecule has 0 heterocycles. The zero-order valence-corrected chi connectivity index (χ0v) is 10.3. The molecule has 0 saturated heterocycles. The van der Waals surface area contributed by atoms with Crippen molar-refractivity contribution in [1.29, 1.82) is 0 Å². The smallest absolute Gasteiger partial charge is 0.233 e. The molecule has 0 aliphatic heterocycles. The Bertz CT molecular complexity index is 269. The van der Waals surface area contributed by atoms with Gasteiger partial charge >= 0.3 is 0 Å². The van der Waals surface area contributed by atoms with Gasteiger partial charge in [0.05, 0.1) is 0 Å². The number of allylic oxidation sites excluding steroid dienone is 3. The quantitative estimate of drug-likeness (QED) is 0.153. The third-order valence-electron chi connectivity index (χ3n) is 2.41. The van der Waals surface area contributed by atoms with Crippen LogP contribution >= 0.6 is 0 Å². The number of hydrogen-bond acceptors (Lipinski definition) is 3. The number of nitrogens with one attached hydrogen (secondary N) is 1. The number of carbonyl (C=O) groups is 1. The molecule has 1 amide bonds. The summed E-state index contributed by atoms with van der Waals surface area (Å²) in [5.41, 5.74) is 2.12. The Morgan fingerprint density at radius 2 is 1.76 bits per heavy atom. The normalized spacial score (nSPS) is 10.2. The number of unbranched alkanes of at least 4 members (excludes halogenated alkanes) is 5. The Morgan fingerprint density at radius 3 is 2.47 bits per heavy atom. The SMILES string of the molecule is NNC(=O)CCCCCC/C=C/CCC=C=O. The van der Waals surface area contributed by atoms with Gasteiger partial charge in [0.1, 0.15) is 5.94 Å². The van der Waals surface area contributed by atoms with Crippen LogP contribution in [0.4, 0.5) is 0 Å². The number of carbonyl (C=O) groups excluding carboxylic acids is 2. The van der Waals surface area contributed by atoms with Crippen molar-refractivity contribution < 1.29 is 9.59 Å². The topological polar surface area (TPSA) is 72.2 Å². The van der Waals surface area contributed by atoms with E-state index in [1.165, 1.54) is 6.08 Å². The van der Waals surface area contributed by atoms with E-state index in [1.807, 2.05) is 0 Å². The minimum atomic E-state index is -0.0897. The lowest BCUT2D eigenvalue weighted by atomic mass is 10.1. The summed E-state index contributed by atoms with van der Waals surface area (Å²) in [7, 11) is 0. The van der Waals surface area contributed by atoms with Crippen LogP contribution in [0.3, 0.4) is 0 Å². The second-order valence-corrected chi connectivity index (χ2v) is 3.89. The van der Waals surface area contributed by atoms with E-state index in [0.717, 1.165) is 44.9 Å². The van der Waals surface area contributed by atoms with E-state index in [1.54, 1.807) is 5.94 Å². The Kier molecular flexibility index (Phi) is 11.7. The molecule has 0 aliphatic carbocycles. The van der Waals surface area contributed by atoms with Crippen molar-refractivity contribution in [3.63, 3.8) is 0 Å². The second kappa shape index (κ2) is 12.7. The monoisotopic (exact) mass is 238 g/mol. The fourth-order valence-corrected chi connectivity index (χ4v) is 1.45. The first-order valence-electron chi connectivity index (χ1n) is 6.15. The van der Waals surface area contributed by atoms with Crippen LogP contribution in [0.25, 0.3) is 0 Å². The average Bonchev–Trinajstić information content (AvgIpc) is 2.35. The zero-order valence-electron chi connectivity index (χ0n) is 10.3. The standard InChI is InChI=1S/C13H22N2O2/c14-15-13(17)11-9-7-5-3-1-2-4-6-8-10-12-16/h2,4,10H,1,3,5-9,11,14H2,(H,15,17)/b4-2+. The molecule has 4 heteroatoms. The summed E-state index contributed by atoms with van der Waals surface area (Å²) in [4.78, 5) is 20.7. The Hall–Kier alpha value is -1.38. The number of hydrogen-bond donors (Lipinski definition) is 2. The Labute approximate surface area is 103 Å². The number of hydrazine groups is 1. The van der Waals surface area contributed by atoms with Gasteiger partial charge in [-0.25, -0.2) is 10.6 Å². The molecule has 0 bridgehead atoms. The van der Waals surface area contributed by atoms with Crippen LogP contribution < -0.4 is 11.3 Å². The highest BCUT2D eigenvalue weighted by Crippen LogP contribution is 2.06. The predicted octanol–water partition coefficient (Wildman–Crippen LogP) is 2.04. The van der Waals surface area contributed by atoms with Crippen LogP contribution in [0.2, 0.25) is 0 Å². The molecule has 0 radical (unpaired) electrons. The van der Waals surface area contributed by atoms with Crippen molar-refractivity contribution >= 4 is 11.8 Å². The van der Waals surface area contributed by atoms with Gasteiger partial charge in [0, 0.05) is 12.5 Å². The molecule has 0 aliphatic rings. The third-order valence-corrected chi connectivity index (χ3v) is 2.41. The zero-order chi connectivity index (χ0) is 12.8. The molecule has 0 atom stereocenters. The number of nitrogens with two attached hydrogens (primary N) is 1. The van der Waals surface area contributed by atoms with Crippen LogP contribution in [0, 0.1) is 0 Å². The molecule has 0 spiro atoms. The fraction of sp³-hybridized carbons (Fsp3) is 0.615. The first kappa shape index (κ1) is 15.6. The molecule has 17 heavy (non-hydrogen) atoms. The third kappa shape index (κ3) is 12.6. The Morgan fingerprint density at radius 1 is 1.06 bits per heavy atom. The van der Waals surface area contributed by atoms with Gasteiger partial charge in [-0.15, -0.1) is 0 Å². The van der Waals surface area contributed by atoms with E-state index in [9.17, 15) is 9.59 Å². The summed E-state index contributed by atoms with van der Waals surface area (Å²) in [6.45, 7) is 0. The average molecular weight is 238 g/mol. The van der Waals surface area contributed by atoms with Crippen molar-refractivity contribution in [2.75, 3.05) is 0 Å². The van der Waals surface area contributed by atoms with Crippen molar-refractivity contribution in [2.24, 2.45) is 5.84 Å². The molecule has 0 rings (SSSR count). The van der Waals surface area contributed by atoms with E-state index < -0.39 is 0 Å². The van der Waals surface area contributed by atoms with E-state index in [-0.39, 0.29) is 5.91 Å². The summed E-state index contributed by atoms with van der Waals surface area (Å²) >= 11 is 0. The predicted molar refractivity (Wildman–Crippen MR) is 68.7 cm³/mol. The van der Waals surface area contributed by atoms with E-state index in [2.05, 4.69) is 17.6 Å². The van der Waals surface area contributed by atoms with Gasteiger partial charge in [0.15, 0.2) is 0 Å². The van der Waals surface area contributed by atoms with Crippen molar-refractivity contribution in [3.05, 3.63) is 18.2 Å². The molecule has 0 aromatic carbocycles. The van der Waals surface area contributed by atoms with Gasteiger partial charge in [0.25, 0.3) is 0 Å². The van der Waals surface area contributed by atoms with Gasteiger partial charge in [-0.2, -0.15) is 0 Å². The van der Waals surface area contributed by atoms with E-state index in [0.29, 0.717) is 6.42 Å². The van der Waals surface area contributed by atoms with Gasteiger partial charge in [-0.1, -0.05) is 25.0 Å². The number of amides is 1. The van der Waals surface area contributed by atoms with Gasteiger partial charge in [-0.05, 0) is 32.1 Å². The van der Waals surface area contributed by atoms with E-state index in [4.69, 9.17) is 5.84 Å². The lowest BCUT2D eigenvalue weighted by Crippen LogP contribution is -2.29. The van der Waals surface area contributed by atoms with Gasteiger partial charge < -0.3 is 0 Å². The number of rotatable bonds is 10. The highest BCUT2D eigenvalue weighted by atomic mass is 16.2. The molecule has 0 saturated carbocycles. The molecule has 0 aromatic rings. The summed E-state index contributed by atoms with van der Waals surface area (Å²) in [5.74, 6) is 6.63. The van der Waals surface area contributed by atoms with Crippen LogP contribution in [0.15, 0.2) is 18.2 Å². The molecule has 4 nitrogen and oxygen atoms in total. The maximum absolute atomic E-state index is 10.8. The van der Waals surface area contributed by atoms with Crippen LogP contribution in [0.5, 0.6) is 0 Å². The second-order valence-electron chi connectivity index (χ2n) is 3.89. The minimum Gasteiger partial charge on any atom is -0.294 e.